The highest BCUT2D eigenvalue weighted by molar-refractivity contribution is 5.77. The van der Waals surface area contributed by atoms with E-state index in [-0.39, 0.29) is 19.1 Å². The summed E-state index contributed by atoms with van der Waals surface area (Å²) >= 11 is 0. The van der Waals surface area contributed by atoms with Crippen molar-refractivity contribution in [3.63, 3.8) is 0 Å². The maximum Gasteiger partial charge on any atom is 0.246 e. The smallest absolute Gasteiger partial charge is 0.246 e. The van der Waals surface area contributed by atoms with E-state index in [2.05, 4.69) is 20.6 Å². The maximum atomic E-state index is 11.3. The molecule has 1 aromatic carbocycles. The SMILES string of the molecule is COCC(=O)NCCOc1ccc2nnc(-c3ccc(OC)c(OC)c3)n2n1. The maximum absolute atomic E-state index is 11.3. The molecule has 0 aliphatic heterocycles. The Balaban J connectivity index is 1.76. The Morgan fingerprint density at radius 2 is 1.89 bits per heavy atom. The number of hydrogen-bond donors (Lipinski definition) is 1. The van der Waals surface area contributed by atoms with Crippen LogP contribution in [-0.4, -0.2) is 66.8 Å². The highest BCUT2D eigenvalue weighted by Gasteiger charge is 2.13. The fraction of sp³-hybridized carbons (Fsp3) is 0.333. The van der Waals surface area contributed by atoms with Gasteiger partial charge in [-0.1, -0.05) is 0 Å². The standard InChI is InChI=1S/C18H21N5O5/c1-25-11-16(24)19-8-9-28-17-7-6-15-20-21-18(23(15)22-17)12-4-5-13(26-2)14(10-12)27-3/h4-7,10H,8-9,11H2,1-3H3,(H,19,24). The van der Waals surface area contributed by atoms with E-state index in [4.69, 9.17) is 18.9 Å². The average molecular weight is 387 g/mol. The average Bonchev–Trinajstić information content (AvgIpc) is 3.14. The van der Waals surface area contributed by atoms with Gasteiger partial charge in [-0.2, -0.15) is 4.52 Å². The molecular weight excluding hydrogens is 366 g/mol. The number of methoxy groups -OCH3 is 3. The zero-order valence-electron chi connectivity index (χ0n) is 15.8. The van der Waals surface area contributed by atoms with E-state index in [1.54, 1.807) is 43.0 Å². The lowest BCUT2D eigenvalue weighted by molar-refractivity contribution is -0.124. The van der Waals surface area contributed by atoms with E-state index in [0.717, 1.165) is 5.56 Å². The van der Waals surface area contributed by atoms with Crippen LogP contribution in [0.25, 0.3) is 17.0 Å². The topological polar surface area (TPSA) is 109 Å². The molecule has 0 unspecified atom stereocenters. The van der Waals surface area contributed by atoms with Crippen LogP contribution < -0.4 is 19.5 Å². The Morgan fingerprint density at radius 1 is 1.07 bits per heavy atom. The van der Waals surface area contributed by atoms with Gasteiger partial charge in [0.15, 0.2) is 23.0 Å². The minimum Gasteiger partial charge on any atom is -0.493 e. The number of hydrogen-bond acceptors (Lipinski definition) is 8. The third-order valence-electron chi connectivity index (χ3n) is 3.83. The first-order valence-corrected chi connectivity index (χ1v) is 8.49. The van der Waals surface area contributed by atoms with Gasteiger partial charge < -0.3 is 24.3 Å². The normalized spacial score (nSPS) is 10.7. The number of amides is 1. The fourth-order valence-corrected chi connectivity index (χ4v) is 2.53. The molecule has 10 heteroatoms. The van der Waals surface area contributed by atoms with Crippen molar-refractivity contribution >= 4 is 11.6 Å². The Morgan fingerprint density at radius 3 is 2.64 bits per heavy atom. The van der Waals surface area contributed by atoms with Crippen LogP contribution in [0.2, 0.25) is 0 Å². The Kier molecular flexibility index (Phi) is 6.22. The summed E-state index contributed by atoms with van der Waals surface area (Å²) < 4.78 is 22.5. The third kappa shape index (κ3) is 4.29. The molecule has 0 bridgehead atoms. The summed E-state index contributed by atoms with van der Waals surface area (Å²) in [5.74, 6) is 1.91. The van der Waals surface area contributed by atoms with Crippen LogP contribution >= 0.6 is 0 Å². The minimum absolute atomic E-state index is 0.0135. The minimum atomic E-state index is -0.205. The largest absolute Gasteiger partial charge is 0.493 e. The quantitative estimate of drug-likeness (QED) is 0.541. The highest BCUT2D eigenvalue weighted by Crippen LogP contribution is 2.31. The van der Waals surface area contributed by atoms with Crippen LogP contribution in [0.5, 0.6) is 17.4 Å². The second-order valence-corrected chi connectivity index (χ2v) is 5.67. The molecule has 0 aliphatic carbocycles. The van der Waals surface area contributed by atoms with Gasteiger partial charge in [0, 0.05) is 18.7 Å². The first-order valence-electron chi connectivity index (χ1n) is 8.49. The van der Waals surface area contributed by atoms with E-state index >= 15 is 0 Å². The number of carbonyl (C=O) groups is 1. The molecule has 0 spiro atoms. The molecular formula is C18H21N5O5. The first-order chi connectivity index (χ1) is 13.7. The molecule has 148 valence electrons. The molecule has 0 atom stereocenters. The molecule has 10 nitrogen and oxygen atoms in total. The summed E-state index contributed by atoms with van der Waals surface area (Å²) in [4.78, 5) is 11.3. The van der Waals surface area contributed by atoms with Crippen molar-refractivity contribution in [3.8, 4) is 28.8 Å². The summed E-state index contributed by atoms with van der Waals surface area (Å²) in [5.41, 5.74) is 1.34. The van der Waals surface area contributed by atoms with Crippen LogP contribution in [0.4, 0.5) is 0 Å². The molecule has 3 rings (SSSR count). The number of carbonyl (C=O) groups excluding carboxylic acids is 1. The molecule has 2 aromatic heterocycles. The van der Waals surface area contributed by atoms with Gasteiger partial charge in [0.05, 0.1) is 20.8 Å². The number of ether oxygens (including phenoxy) is 4. The van der Waals surface area contributed by atoms with Crippen LogP contribution in [0.3, 0.4) is 0 Å². The van der Waals surface area contributed by atoms with Gasteiger partial charge in [0.1, 0.15) is 13.2 Å². The molecule has 0 fully saturated rings. The Hall–Kier alpha value is -3.40. The lowest BCUT2D eigenvalue weighted by Crippen LogP contribution is -2.31. The van der Waals surface area contributed by atoms with Gasteiger partial charge in [-0.05, 0) is 24.3 Å². The molecule has 0 saturated heterocycles. The van der Waals surface area contributed by atoms with Crippen molar-refractivity contribution in [1.82, 2.24) is 25.1 Å². The number of nitrogens with zero attached hydrogens (tertiary/aromatic N) is 4. The monoisotopic (exact) mass is 387 g/mol. The summed E-state index contributed by atoms with van der Waals surface area (Å²) in [5, 5.41) is 15.4. The number of aromatic nitrogens is 4. The predicted molar refractivity (Wildman–Crippen MR) is 99.7 cm³/mol. The number of nitrogens with one attached hydrogen (secondary N) is 1. The molecule has 1 N–H and O–H groups in total. The van der Waals surface area contributed by atoms with Crippen LogP contribution in [0, 0.1) is 0 Å². The zero-order valence-corrected chi connectivity index (χ0v) is 15.8. The van der Waals surface area contributed by atoms with Gasteiger partial charge in [-0.3, -0.25) is 4.79 Å². The highest BCUT2D eigenvalue weighted by atomic mass is 16.5. The Labute approximate surface area is 161 Å². The summed E-state index contributed by atoms with van der Waals surface area (Å²) in [6.07, 6.45) is 0. The van der Waals surface area contributed by atoms with Crippen LogP contribution in [0.1, 0.15) is 0 Å². The van der Waals surface area contributed by atoms with Gasteiger partial charge in [0.2, 0.25) is 11.8 Å². The van der Waals surface area contributed by atoms with E-state index < -0.39 is 0 Å². The van der Waals surface area contributed by atoms with E-state index in [1.807, 2.05) is 6.07 Å². The summed E-state index contributed by atoms with van der Waals surface area (Å²) in [7, 11) is 4.61. The predicted octanol–water partition coefficient (Wildman–Crippen LogP) is 0.950. The number of fused-ring (bicyclic) bond motifs is 1. The molecule has 0 radical (unpaired) electrons. The summed E-state index contributed by atoms with van der Waals surface area (Å²) in [6.45, 7) is 0.619. The van der Waals surface area contributed by atoms with E-state index in [9.17, 15) is 4.79 Å². The van der Waals surface area contributed by atoms with E-state index in [1.165, 1.54) is 7.11 Å². The van der Waals surface area contributed by atoms with Crippen LogP contribution in [0.15, 0.2) is 30.3 Å². The van der Waals surface area contributed by atoms with Gasteiger partial charge in [0.25, 0.3) is 0 Å². The second-order valence-electron chi connectivity index (χ2n) is 5.67. The molecule has 1 amide bonds. The number of benzene rings is 1. The van der Waals surface area contributed by atoms with Gasteiger partial charge in [-0.25, -0.2) is 0 Å². The molecule has 3 aromatic rings. The van der Waals surface area contributed by atoms with Crippen molar-refractivity contribution in [2.24, 2.45) is 0 Å². The zero-order chi connectivity index (χ0) is 19.9. The van der Waals surface area contributed by atoms with E-state index in [0.29, 0.717) is 35.4 Å². The van der Waals surface area contributed by atoms with Crippen molar-refractivity contribution in [3.05, 3.63) is 30.3 Å². The first kappa shape index (κ1) is 19.4. The lowest BCUT2D eigenvalue weighted by Gasteiger charge is -2.09. The number of rotatable bonds is 9. The molecule has 2 heterocycles. The molecule has 0 aliphatic rings. The lowest BCUT2D eigenvalue weighted by atomic mass is 10.2. The van der Waals surface area contributed by atoms with Crippen molar-refractivity contribution in [2.75, 3.05) is 41.1 Å². The molecule has 0 saturated carbocycles. The summed E-state index contributed by atoms with van der Waals surface area (Å²) in [6, 6.07) is 8.88. The fourth-order valence-electron chi connectivity index (χ4n) is 2.53. The van der Waals surface area contributed by atoms with Gasteiger partial charge >= 0.3 is 0 Å². The van der Waals surface area contributed by atoms with Crippen molar-refractivity contribution < 1.29 is 23.7 Å². The van der Waals surface area contributed by atoms with Crippen LogP contribution in [-0.2, 0) is 9.53 Å². The Bertz CT molecular complexity index is 959. The van der Waals surface area contributed by atoms with Crippen molar-refractivity contribution in [2.45, 2.75) is 0 Å². The van der Waals surface area contributed by atoms with Gasteiger partial charge in [-0.15, -0.1) is 15.3 Å². The molecule has 28 heavy (non-hydrogen) atoms. The second kappa shape index (κ2) is 9.00. The van der Waals surface area contributed by atoms with Crippen molar-refractivity contribution in [1.29, 1.82) is 0 Å². The third-order valence-corrected chi connectivity index (χ3v) is 3.83.